The molecule has 0 saturated carbocycles. The van der Waals surface area contributed by atoms with Gasteiger partial charge in [-0.05, 0) is 37.5 Å². The highest BCUT2D eigenvalue weighted by Crippen LogP contribution is 2.26. The molecule has 1 aliphatic heterocycles. The molecule has 20 heavy (non-hydrogen) atoms. The van der Waals surface area contributed by atoms with Crippen molar-refractivity contribution < 1.29 is 19.4 Å². The summed E-state index contributed by atoms with van der Waals surface area (Å²) in [7, 11) is 1.63. The summed E-state index contributed by atoms with van der Waals surface area (Å²) in [5.74, 6) is -1.28. The Hall–Kier alpha value is -1.59. The maximum absolute atomic E-state index is 12.3. The van der Waals surface area contributed by atoms with Crippen LogP contribution in [-0.4, -0.2) is 36.2 Å². The van der Waals surface area contributed by atoms with Crippen molar-refractivity contribution in [1.29, 1.82) is 0 Å². The fourth-order valence-corrected chi connectivity index (χ4v) is 2.31. The number of carboxylic acid groups (broad SMARTS) is 1. The van der Waals surface area contributed by atoms with Crippen molar-refractivity contribution in [3.63, 3.8) is 0 Å². The Labute approximate surface area is 122 Å². The van der Waals surface area contributed by atoms with Crippen LogP contribution in [0.15, 0.2) is 18.2 Å². The predicted molar refractivity (Wildman–Crippen MR) is 75.1 cm³/mol. The maximum atomic E-state index is 12.3. The smallest absolute Gasteiger partial charge is 0.332 e. The summed E-state index contributed by atoms with van der Waals surface area (Å²) < 4.78 is 5.26. The van der Waals surface area contributed by atoms with Crippen LogP contribution in [0.25, 0.3) is 0 Å². The quantitative estimate of drug-likeness (QED) is 0.929. The number of halogens is 1. The highest BCUT2D eigenvalue weighted by atomic mass is 35.5. The molecule has 0 bridgehead atoms. The van der Waals surface area contributed by atoms with E-state index in [0.29, 0.717) is 23.6 Å². The van der Waals surface area contributed by atoms with E-state index in [0.717, 1.165) is 5.56 Å². The molecule has 2 rings (SSSR count). The second-order valence-electron chi connectivity index (χ2n) is 4.86. The van der Waals surface area contributed by atoms with Gasteiger partial charge in [0.05, 0.1) is 0 Å². The number of carbonyl (C=O) groups is 2. The van der Waals surface area contributed by atoms with Gasteiger partial charge in [-0.25, -0.2) is 4.79 Å². The molecule has 0 unspecified atom stereocenters. The van der Waals surface area contributed by atoms with Gasteiger partial charge in [-0.2, -0.15) is 0 Å². The molecule has 1 aliphatic rings. The van der Waals surface area contributed by atoms with E-state index < -0.39 is 18.2 Å². The van der Waals surface area contributed by atoms with Gasteiger partial charge in [-0.3, -0.25) is 4.79 Å². The Morgan fingerprint density at radius 2 is 2.00 bits per heavy atom. The molecular weight excluding hydrogens is 282 g/mol. The van der Waals surface area contributed by atoms with E-state index >= 15 is 0 Å². The van der Waals surface area contributed by atoms with Gasteiger partial charge in [0.1, 0.15) is 6.10 Å². The molecule has 6 heteroatoms. The zero-order valence-electron chi connectivity index (χ0n) is 11.3. The molecule has 1 aromatic carbocycles. The van der Waals surface area contributed by atoms with Crippen LogP contribution in [0.4, 0.5) is 5.69 Å². The molecule has 0 aliphatic carbocycles. The number of aryl methyl sites for hydroxylation is 1. The average Bonchev–Trinajstić information content (AvgIpc) is 2.90. The van der Waals surface area contributed by atoms with Crippen LogP contribution in [0, 0.1) is 6.92 Å². The SMILES string of the molecule is Cc1ccc(N(C)C(=O)[C@@H]2CC[C@H](C(=O)O)O2)cc1Cl. The number of likely N-dealkylation sites (N-methyl/N-ethyl adjacent to an activating group) is 1. The first kappa shape index (κ1) is 14.8. The van der Waals surface area contributed by atoms with Crippen molar-refractivity contribution in [3.8, 4) is 0 Å². The lowest BCUT2D eigenvalue weighted by molar-refractivity contribution is -0.151. The van der Waals surface area contributed by atoms with Crippen molar-refractivity contribution in [3.05, 3.63) is 28.8 Å². The third kappa shape index (κ3) is 2.94. The zero-order chi connectivity index (χ0) is 14.9. The summed E-state index contributed by atoms with van der Waals surface area (Å²) in [5.41, 5.74) is 1.59. The monoisotopic (exact) mass is 297 g/mol. The summed E-state index contributed by atoms with van der Waals surface area (Å²) in [6.07, 6.45) is -0.825. The van der Waals surface area contributed by atoms with Gasteiger partial charge in [0.25, 0.3) is 5.91 Å². The van der Waals surface area contributed by atoms with E-state index in [9.17, 15) is 9.59 Å². The number of aliphatic carboxylic acids is 1. The second-order valence-corrected chi connectivity index (χ2v) is 5.27. The lowest BCUT2D eigenvalue weighted by Gasteiger charge is -2.21. The topological polar surface area (TPSA) is 66.8 Å². The van der Waals surface area contributed by atoms with Gasteiger partial charge >= 0.3 is 5.97 Å². The van der Waals surface area contributed by atoms with Crippen LogP contribution < -0.4 is 4.90 Å². The van der Waals surface area contributed by atoms with E-state index in [-0.39, 0.29) is 5.91 Å². The molecule has 1 fully saturated rings. The van der Waals surface area contributed by atoms with E-state index in [2.05, 4.69) is 0 Å². The van der Waals surface area contributed by atoms with Gasteiger partial charge in [-0.1, -0.05) is 17.7 Å². The Morgan fingerprint density at radius 3 is 2.55 bits per heavy atom. The number of nitrogens with zero attached hydrogens (tertiary/aromatic N) is 1. The van der Waals surface area contributed by atoms with Gasteiger partial charge in [-0.15, -0.1) is 0 Å². The molecule has 1 heterocycles. The number of rotatable bonds is 3. The number of benzene rings is 1. The van der Waals surface area contributed by atoms with Crippen LogP contribution >= 0.6 is 11.6 Å². The number of anilines is 1. The number of carboxylic acids is 1. The first-order valence-electron chi connectivity index (χ1n) is 6.32. The summed E-state index contributed by atoms with van der Waals surface area (Å²) >= 11 is 6.04. The molecule has 2 atom stereocenters. The van der Waals surface area contributed by atoms with Crippen molar-refractivity contribution in [2.75, 3.05) is 11.9 Å². The standard InChI is InChI=1S/C14H16ClNO4/c1-8-3-4-9(7-10(8)15)16(2)13(17)11-5-6-12(20-11)14(18)19/h3-4,7,11-12H,5-6H2,1-2H3,(H,18,19)/t11-,12+/m0/s1. The van der Waals surface area contributed by atoms with Crippen LogP contribution in [0.5, 0.6) is 0 Å². The molecule has 5 nitrogen and oxygen atoms in total. The zero-order valence-corrected chi connectivity index (χ0v) is 12.1. The van der Waals surface area contributed by atoms with Gasteiger partial charge in [0.15, 0.2) is 6.10 Å². The van der Waals surface area contributed by atoms with Gasteiger partial charge in [0, 0.05) is 17.8 Å². The fourth-order valence-electron chi connectivity index (χ4n) is 2.13. The number of amides is 1. The molecule has 0 radical (unpaired) electrons. The number of ether oxygens (including phenoxy) is 1. The fraction of sp³-hybridized carbons (Fsp3) is 0.429. The normalized spacial score (nSPS) is 21.8. The lowest BCUT2D eigenvalue weighted by Crippen LogP contribution is -2.37. The molecule has 0 aromatic heterocycles. The highest BCUT2D eigenvalue weighted by Gasteiger charge is 2.36. The Balaban J connectivity index is 2.09. The molecule has 1 N–H and O–H groups in total. The molecule has 1 amide bonds. The average molecular weight is 298 g/mol. The lowest BCUT2D eigenvalue weighted by atomic mass is 10.1. The third-order valence-electron chi connectivity index (χ3n) is 3.44. The second kappa shape index (κ2) is 5.81. The van der Waals surface area contributed by atoms with E-state index in [1.54, 1.807) is 19.2 Å². The minimum atomic E-state index is -1.03. The molecule has 108 valence electrons. The van der Waals surface area contributed by atoms with E-state index in [1.165, 1.54) is 4.90 Å². The van der Waals surface area contributed by atoms with Crippen LogP contribution in [-0.2, 0) is 14.3 Å². The van der Waals surface area contributed by atoms with E-state index in [1.807, 2.05) is 13.0 Å². The van der Waals surface area contributed by atoms with Crippen LogP contribution in [0.1, 0.15) is 18.4 Å². The summed E-state index contributed by atoms with van der Waals surface area (Å²) in [4.78, 5) is 24.5. The van der Waals surface area contributed by atoms with Crippen molar-refractivity contribution in [2.45, 2.75) is 32.0 Å². The minimum Gasteiger partial charge on any atom is -0.479 e. The first-order chi connectivity index (χ1) is 9.40. The molecule has 1 saturated heterocycles. The summed E-state index contributed by atoms with van der Waals surface area (Å²) in [5, 5.41) is 9.45. The Kier molecular flexibility index (Phi) is 4.30. The Bertz CT molecular complexity index is 546. The first-order valence-corrected chi connectivity index (χ1v) is 6.70. The van der Waals surface area contributed by atoms with Crippen LogP contribution in [0.3, 0.4) is 0 Å². The maximum Gasteiger partial charge on any atom is 0.332 e. The Morgan fingerprint density at radius 1 is 1.35 bits per heavy atom. The van der Waals surface area contributed by atoms with E-state index in [4.69, 9.17) is 21.4 Å². The van der Waals surface area contributed by atoms with Gasteiger partial charge < -0.3 is 14.7 Å². The number of carbonyl (C=O) groups excluding carboxylic acids is 1. The molecular formula is C14H16ClNO4. The predicted octanol–water partition coefficient (Wildman–Crippen LogP) is 2.24. The van der Waals surface area contributed by atoms with Crippen molar-refractivity contribution in [1.82, 2.24) is 0 Å². The largest absolute Gasteiger partial charge is 0.479 e. The number of hydrogen-bond donors (Lipinski definition) is 1. The summed E-state index contributed by atoms with van der Waals surface area (Å²) in [6, 6.07) is 5.33. The number of hydrogen-bond acceptors (Lipinski definition) is 3. The molecule has 0 spiro atoms. The summed E-state index contributed by atoms with van der Waals surface area (Å²) in [6.45, 7) is 1.88. The van der Waals surface area contributed by atoms with Gasteiger partial charge in [0.2, 0.25) is 0 Å². The third-order valence-corrected chi connectivity index (χ3v) is 3.85. The molecule has 1 aromatic rings. The van der Waals surface area contributed by atoms with Crippen LogP contribution in [0.2, 0.25) is 5.02 Å². The van der Waals surface area contributed by atoms with Crippen molar-refractivity contribution in [2.24, 2.45) is 0 Å². The van der Waals surface area contributed by atoms with Crippen molar-refractivity contribution >= 4 is 29.2 Å². The highest BCUT2D eigenvalue weighted by molar-refractivity contribution is 6.31. The minimum absolute atomic E-state index is 0.256.